The highest BCUT2D eigenvalue weighted by Crippen LogP contribution is 2.40. The molecule has 3 heteroatoms. The number of carbonyl (C=O) groups excluding carboxylic acids is 1. The number of fused-ring (bicyclic) bond motifs is 1. The zero-order valence-electron chi connectivity index (χ0n) is 6.07. The van der Waals surface area contributed by atoms with Gasteiger partial charge in [0, 0.05) is 11.1 Å². The van der Waals surface area contributed by atoms with Crippen LogP contribution in [0.25, 0.3) is 0 Å². The van der Waals surface area contributed by atoms with E-state index in [-0.39, 0.29) is 11.8 Å². The topological polar surface area (TPSA) is 29.4 Å². The van der Waals surface area contributed by atoms with E-state index in [4.69, 9.17) is 0 Å². The number of carbonyl (C=O) groups is 1. The summed E-state index contributed by atoms with van der Waals surface area (Å²) in [5.41, 5.74) is 0. The fraction of sp³-hybridized carbons (Fsp3) is 0.250. The second-order valence-corrected chi connectivity index (χ2v) is 3.86. The van der Waals surface area contributed by atoms with Gasteiger partial charge in [-0.15, -0.1) is 0 Å². The van der Waals surface area contributed by atoms with Gasteiger partial charge in [0.05, 0.1) is 5.92 Å². The highest BCUT2D eigenvalue weighted by Gasteiger charge is 2.27. The van der Waals surface area contributed by atoms with E-state index in [2.05, 4.69) is 4.99 Å². The number of rotatable bonds is 0. The molecule has 0 radical (unpaired) electrons. The van der Waals surface area contributed by atoms with E-state index in [9.17, 15) is 4.79 Å². The molecule has 2 rings (SSSR count). The Bertz CT molecular complexity index is 301. The Hall–Kier alpha value is -0.830. The molecule has 11 heavy (non-hydrogen) atoms. The molecule has 2 nitrogen and oxygen atoms in total. The number of dihydropyridines is 1. The van der Waals surface area contributed by atoms with Crippen LogP contribution in [0.3, 0.4) is 0 Å². The van der Waals surface area contributed by atoms with Crippen LogP contribution in [-0.2, 0) is 4.79 Å². The predicted octanol–water partition coefficient (Wildman–Crippen LogP) is 1.75. The van der Waals surface area contributed by atoms with Gasteiger partial charge in [-0.1, -0.05) is 17.8 Å². The molecule has 0 N–H and O–H groups in total. The molecular weight excluding hydrogens is 158 g/mol. The summed E-state index contributed by atoms with van der Waals surface area (Å²) in [4.78, 5) is 17.1. The molecule has 0 aliphatic carbocycles. The second-order valence-electron chi connectivity index (χ2n) is 2.54. The predicted molar refractivity (Wildman–Crippen MR) is 46.4 cm³/mol. The van der Waals surface area contributed by atoms with Crippen molar-refractivity contribution in [1.82, 2.24) is 0 Å². The smallest absolute Gasteiger partial charge is 0.257 e. The van der Waals surface area contributed by atoms with Crippen LogP contribution in [0, 0.1) is 5.92 Å². The maximum absolute atomic E-state index is 11.1. The first-order valence-corrected chi connectivity index (χ1v) is 4.23. The maximum Gasteiger partial charge on any atom is 0.257 e. The summed E-state index contributed by atoms with van der Waals surface area (Å²) in [7, 11) is 0. The average molecular weight is 165 g/mol. The van der Waals surface area contributed by atoms with Crippen molar-refractivity contribution >= 4 is 23.9 Å². The average Bonchev–Trinajstić information content (AvgIpc) is 2.31. The number of thioether (sulfide) groups is 1. The van der Waals surface area contributed by atoms with Crippen molar-refractivity contribution in [2.24, 2.45) is 10.9 Å². The highest BCUT2D eigenvalue weighted by molar-refractivity contribution is 8.07. The monoisotopic (exact) mass is 165 g/mol. The molecule has 0 aromatic carbocycles. The lowest BCUT2D eigenvalue weighted by Crippen LogP contribution is -2.11. The molecule has 0 aromatic heterocycles. The standard InChI is InChI=1S/C8H7NOS/c1-5-4-6-7(11-5)2-3-9-8(6)10/h2-4,6H,1H3. The van der Waals surface area contributed by atoms with Crippen LogP contribution >= 0.6 is 11.8 Å². The number of amides is 1. The van der Waals surface area contributed by atoms with E-state index in [1.807, 2.05) is 19.1 Å². The molecule has 0 spiro atoms. The van der Waals surface area contributed by atoms with Gasteiger partial charge in [-0.3, -0.25) is 4.79 Å². The quantitative estimate of drug-likeness (QED) is 0.547. The molecular formula is C8H7NOS. The van der Waals surface area contributed by atoms with Gasteiger partial charge < -0.3 is 0 Å². The van der Waals surface area contributed by atoms with E-state index < -0.39 is 0 Å². The summed E-state index contributed by atoms with van der Waals surface area (Å²) in [6.07, 6.45) is 5.45. The first-order chi connectivity index (χ1) is 5.27. The van der Waals surface area contributed by atoms with Gasteiger partial charge in [-0.05, 0) is 17.9 Å². The Morgan fingerprint density at radius 2 is 2.45 bits per heavy atom. The van der Waals surface area contributed by atoms with E-state index in [0.29, 0.717) is 0 Å². The fourth-order valence-electron chi connectivity index (χ4n) is 1.20. The molecule has 2 aliphatic rings. The van der Waals surface area contributed by atoms with E-state index in [0.717, 1.165) is 4.91 Å². The van der Waals surface area contributed by atoms with Gasteiger partial charge in [-0.25, -0.2) is 4.99 Å². The Morgan fingerprint density at radius 1 is 1.64 bits per heavy atom. The van der Waals surface area contributed by atoms with Gasteiger partial charge in [-0.2, -0.15) is 0 Å². The summed E-state index contributed by atoms with van der Waals surface area (Å²) in [6, 6.07) is 0. The Kier molecular flexibility index (Phi) is 1.46. The maximum atomic E-state index is 11.1. The number of nitrogens with zero attached hydrogens (tertiary/aromatic N) is 1. The van der Waals surface area contributed by atoms with E-state index >= 15 is 0 Å². The summed E-state index contributed by atoms with van der Waals surface area (Å²) in [5, 5.41) is 0. The van der Waals surface area contributed by atoms with Crippen LogP contribution in [0.5, 0.6) is 0 Å². The third kappa shape index (κ3) is 1.05. The number of aliphatic imine (C=N–C) groups is 1. The number of hydrogen-bond acceptors (Lipinski definition) is 2. The van der Waals surface area contributed by atoms with Crippen LogP contribution in [-0.4, -0.2) is 12.1 Å². The molecule has 0 saturated heterocycles. The van der Waals surface area contributed by atoms with Gasteiger partial charge >= 0.3 is 0 Å². The van der Waals surface area contributed by atoms with Crippen LogP contribution in [0.1, 0.15) is 6.92 Å². The van der Waals surface area contributed by atoms with Crippen molar-refractivity contribution in [3.63, 3.8) is 0 Å². The van der Waals surface area contributed by atoms with E-state index in [1.54, 1.807) is 18.0 Å². The zero-order chi connectivity index (χ0) is 7.84. The largest absolute Gasteiger partial charge is 0.272 e. The van der Waals surface area contributed by atoms with Crippen molar-refractivity contribution in [3.8, 4) is 0 Å². The van der Waals surface area contributed by atoms with Crippen molar-refractivity contribution in [3.05, 3.63) is 22.0 Å². The molecule has 0 fully saturated rings. The second kappa shape index (κ2) is 2.34. The van der Waals surface area contributed by atoms with Crippen LogP contribution < -0.4 is 0 Å². The van der Waals surface area contributed by atoms with Crippen molar-refractivity contribution < 1.29 is 4.79 Å². The molecule has 0 aromatic rings. The normalized spacial score (nSPS) is 28.1. The SMILES string of the molecule is CC1=CC2C(=O)N=CC=C2S1. The van der Waals surface area contributed by atoms with Gasteiger partial charge in [0.2, 0.25) is 0 Å². The Morgan fingerprint density at radius 3 is 3.18 bits per heavy atom. The first kappa shape index (κ1) is 6.85. The summed E-state index contributed by atoms with van der Waals surface area (Å²) >= 11 is 1.66. The third-order valence-electron chi connectivity index (χ3n) is 1.69. The summed E-state index contributed by atoms with van der Waals surface area (Å²) in [6.45, 7) is 2.01. The lowest BCUT2D eigenvalue weighted by molar-refractivity contribution is -0.119. The van der Waals surface area contributed by atoms with Crippen molar-refractivity contribution in [2.75, 3.05) is 0 Å². The van der Waals surface area contributed by atoms with Crippen molar-refractivity contribution in [1.29, 1.82) is 0 Å². The molecule has 1 atom stereocenters. The number of hydrogen-bond donors (Lipinski definition) is 0. The van der Waals surface area contributed by atoms with E-state index in [1.165, 1.54) is 4.91 Å². The minimum atomic E-state index is -0.0648. The molecule has 56 valence electrons. The molecule has 2 aliphatic heterocycles. The zero-order valence-corrected chi connectivity index (χ0v) is 6.89. The molecule has 2 heterocycles. The molecule has 1 amide bonds. The molecule has 0 saturated carbocycles. The van der Waals surface area contributed by atoms with Gasteiger partial charge in [0.15, 0.2) is 0 Å². The van der Waals surface area contributed by atoms with Gasteiger partial charge in [0.1, 0.15) is 0 Å². The molecule has 0 bridgehead atoms. The first-order valence-electron chi connectivity index (χ1n) is 3.42. The van der Waals surface area contributed by atoms with Gasteiger partial charge in [0.25, 0.3) is 5.91 Å². The fourth-order valence-corrected chi connectivity index (χ4v) is 2.20. The lowest BCUT2D eigenvalue weighted by atomic mass is 10.1. The van der Waals surface area contributed by atoms with Crippen LogP contribution in [0.4, 0.5) is 0 Å². The summed E-state index contributed by atoms with van der Waals surface area (Å²) in [5.74, 6) is -0.100. The van der Waals surface area contributed by atoms with Crippen LogP contribution in [0.2, 0.25) is 0 Å². The minimum Gasteiger partial charge on any atom is -0.272 e. The van der Waals surface area contributed by atoms with Crippen LogP contribution in [0.15, 0.2) is 27.0 Å². The number of allylic oxidation sites excluding steroid dienone is 2. The lowest BCUT2D eigenvalue weighted by Gasteiger charge is -2.07. The Balaban J connectivity index is 2.38. The third-order valence-corrected chi connectivity index (χ3v) is 2.78. The molecule has 1 unspecified atom stereocenters. The highest BCUT2D eigenvalue weighted by atomic mass is 32.2. The minimum absolute atomic E-state index is 0.0353. The Labute approximate surface area is 69.1 Å². The van der Waals surface area contributed by atoms with Crippen molar-refractivity contribution in [2.45, 2.75) is 6.92 Å². The summed E-state index contributed by atoms with van der Waals surface area (Å²) < 4.78 is 0.